The van der Waals surface area contributed by atoms with Gasteiger partial charge in [0.2, 0.25) is 0 Å². The number of rotatable bonds is 3. The zero-order valence-electron chi connectivity index (χ0n) is 18.7. The number of hydrogen-bond acceptors (Lipinski definition) is 1. The first-order valence-corrected chi connectivity index (χ1v) is 11.1. The Morgan fingerprint density at radius 1 is 1.04 bits per heavy atom. The fourth-order valence-electron chi connectivity index (χ4n) is 3.05. The van der Waals surface area contributed by atoms with Crippen LogP contribution in [0.4, 0.5) is 4.39 Å². The highest BCUT2D eigenvalue weighted by Gasteiger charge is 2.29. The van der Waals surface area contributed by atoms with Crippen molar-refractivity contribution in [1.82, 2.24) is 0 Å². The van der Waals surface area contributed by atoms with Crippen molar-refractivity contribution in [2.75, 3.05) is 7.11 Å². The molecule has 3 rings (SSSR count). The number of benzene rings is 2. The Kier molecular flexibility index (Phi) is 9.69. The molecular formula is C25H36BrFO. The van der Waals surface area contributed by atoms with Gasteiger partial charge in [-0.15, -0.1) is 0 Å². The van der Waals surface area contributed by atoms with Crippen molar-refractivity contribution in [3.05, 3.63) is 63.4 Å². The average molecular weight is 451 g/mol. The van der Waals surface area contributed by atoms with Crippen LogP contribution < -0.4 is 4.74 Å². The second-order valence-electron chi connectivity index (χ2n) is 8.30. The molecule has 0 atom stereocenters. The number of ether oxygens (including phenoxy) is 1. The molecule has 0 aliphatic heterocycles. The predicted octanol–water partition coefficient (Wildman–Crippen LogP) is 8.61. The largest absolute Gasteiger partial charge is 0.497 e. The third-order valence-electron chi connectivity index (χ3n) is 4.67. The summed E-state index contributed by atoms with van der Waals surface area (Å²) in [6.45, 7) is 14.9. The molecular weight excluding hydrogens is 415 g/mol. The Hall–Kier alpha value is -1.35. The van der Waals surface area contributed by atoms with Gasteiger partial charge in [-0.3, -0.25) is 0 Å². The van der Waals surface area contributed by atoms with Gasteiger partial charge >= 0.3 is 0 Å². The summed E-state index contributed by atoms with van der Waals surface area (Å²) in [4.78, 5) is 0. The first-order chi connectivity index (χ1) is 13.1. The Morgan fingerprint density at radius 2 is 1.64 bits per heavy atom. The van der Waals surface area contributed by atoms with E-state index in [2.05, 4.69) is 56.6 Å². The van der Waals surface area contributed by atoms with Crippen molar-refractivity contribution in [3.8, 4) is 5.75 Å². The summed E-state index contributed by atoms with van der Waals surface area (Å²) in [7, 11) is 1.68. The molecule has 0 saturated heterocycles. The molecule has 0 radical (unpaired) electrons. The van der Waals surface area contributed by atoms with E-state index in [9.17, 15) is 4.39 Å². The minimum absolute atomic E-state index is 0.0973. The van der Waals surface area contributed by atoms with Crippen LogP contribution in [0.25, 0.3) is 0 Å². The molecule has 0 N–H and O–H groups in total. The number of methoxy groups -OCH3 is 1. The Bertz CT molecular complexity index is 743. The highest BCUT2D eigenvalue weighted by Crippen LogP contribution is 2.44. The van der Waals surface area contributed by atoms with Crippen LogP contribution in [0.1, 0.15) is 89.8 Å². The summed E-state index contributed by atoms with van der Waals surface area (Å²) in [6.07, 6.45) is 2.46. The lowest BCUT2D eigenvalue weighted by atomic mass is 9.82. The van der Waals surface area contributed by atoms with E-state index in [0.29, 0.717) is 11.8 Å². The van der Waals surface area contributed by atoms with E-state index in [1.165, 1.54) is 29.5 Å². The Balaban J connectivity index is 0.000000260. The SMILES string of the molecule is CC.CC(C)(C)c1ccc(F)cc1C1CC1.COc1ccc(C(C)C)c(Br)c1. The minimum atomic E-state index is -0.0973. The second-order valence-corrected chi connectivity index (χ2v) is 9.15. The van der Waals surface area contributed by atoms with Gasteiger partial charge in [-0.25, -0.2) is 4.39 Å². The summed E-state index contributed by atoms with van der Waals surface area (Å²) in [6, 6.07) is 11.3. The summed E-state index contributed by atoms with van der Waals surface area (Å²) < 4.78 is 19.3. The van der Waals surface area contributed by atoms with Crippen molar-refractivity contribution >= 4 is 15.9 Å². The molecule has 0 heterocycles. The molecule has 2 aromatic rings. The fraction of sp³-hybridized carbons (Fsp3) is 0.520. The normalized spacial score (nSPS) is 13.2. The fourth-order valence-corrected chi connectivity index (χ4v) is 3.87. The molecule has 1 saturated carbocycles. The smallest absolute Gasteiger partial charge is 0.123 e. The van der Waals surface area contributed by atoms with Gasteiger partial charge in [0.05, 0.1) is 7.11 Å². The van der Waals surface area contributed by atoms with E-state index < -0.39 is 0 Å². The van der Waals surface area contributed by atoms with Crippen LogP contribution in [-0.4, -0.2) is 7.11 Å². The first-order valence-electron chi connectivity index (χ1n) is 10.3. The topological polar surface area (TPSA) is 9.23 Å². The van der Waals surface area contributed by atoms with E-state index in [-0.39, 0.29) is 11.2 Å². The van der Waals surface area contributed by atoms with E-state index in [0.717, 1.165) is 10.2 Å². The molecule has 156 valence electrons. The monoisotopic (exact) mass is 450 g/mol. The lowest BCUT2D eigenvalue weighted by molar-refractivity contribution is 0.414. The zero-order valence-corrected chi connectivity index (χ0v) is 20.3. The van der Waals surface area contributed by atoms with Crippen molar-refractivity contribution in [1.29, 1.82) is 0 Å². The minimum Gasteiger partial charge on any atom is -0.497 e. The third kappa shape index (κ3) is 7.24. The highest BCUT2D eigenvalue weighted by atomic mass is 79.9. The van der Waals surface area contributed by atoms with Crippen molar-refractivity contribution in [2.45, 2.75) is 78.6 Å². The Labute approximate surface area is 179 Å². The lowest BCUT2D eigenvalue weighted by Crippen LogP contribution is -2.14. The van der Waals surface area contributed by atoms with Crippen LogP contribution in [0.3, 0.4) is 0 Å². The quantitative estimate of drug-likeness (QED) is 0.454. The van der Waals surface area contributed by atoms with Crippen LogP contribution >= 0.6 is 15.9 Å². The van der Waals surface area contributed by atoms with Crippen LogP contribution in [0.5, 0.6) is 5.75 Å². The van der Waals surface area contributed by atoms with Crippen LogP contribution in [0, 0.1) is 5.82 Å². The molecule has 28 heavy (non-hydrogen) atoms. The van der Waals surface area contributed by atoms with Gasteiger partial charge in [0.15, 0.2) is 0 Å². The van der Waals surface area contributed by atoms with Crippen molar-refractivity contribution in [2.24, 2.45) is 0 Å². The number of hydrogen-bond donors (Lipinski definition) is 0. The highest BCUT2D eigenvalue weighted by molar-refractivity contribution is 9.10. The maximum atomic E-state index is 13.1. The molecule has 1 fully saturated rings. The summed E-state index contributed by atoms with van der Waals surface area (Å²) in [5, 5.41) is 0. The van der Waals surface area contributed by atoms with Crippen LogP contribution in [0.15, 0.2) is 40.9 Å². The third-order valence-corrected chi connectivity index (χ3v) is 5.36. The Morgan fingerprint density at radius 3 is 2.07 bits per heavy atom. The molecule has 3 heteroatoms. The number of halogens is 2. The second kappa shape index (κ2) is 11.0. The van der Waals surface area contributed by atoms with Gasteiger partial charge in [-0.05, 0) is 71.0 Å². The molecule has 0 amide bonds. The average Bonchev–Trinajstić information content (AvgIpc) is 3.47. The van der Waals surface area contributed by atoms with Gasteiger partial charge in [0, 0.05) is 4.47 Å². The van der Waals surface area contributed by atoms with E-state index in [4.69, 9.17) is 4.74 Å². The summed E-state index contributed by atoms with van der Waals surface area (Å²) in [5.74, 6) is 1.97. The van der Waals surface area contributed by atoms with Gasteiger partial charge in [0.25, 0.3) is 0 Å². The van der Waals surface area contributed by atoms with Gasteiger partial charge in [-0.2, -0.15) is 0 Å². The molecule has 0 spiro atoms. The maximum Gasteiger partial charge on any atom is 0.123 e. The molecule has 0 aromatic heterocycles. The van der Waals surface area contributed by atoms with E-state index >= 15 is 0 Å². The van der Waals surface area contributed by atoms with Crippen LogP contribution in [-0.2, 0) is 5.41 Å². The van der Waals surface area contributed by atoms with E-state index in [1.807, 2.05) is 32.0 Å². The summed E-state index contributed by atoms with van der Waals surface area (Å²) in [5.41, 5.74) is 3.99. The first kappa shape index (κ1) is 24.7. The molecule has 0 unspecified atom stereocenters. The van der Waals surface area contributed by atoms with Crippen molar-refractivity contribution < 1.29 is 9.13 Å². The lowest BCUT2D eigenvalue weighted by Gasteiger charge is -2.23. The van der Waals surface area contributed by atoms with Gasteiger partial charge in [0.1, 0.15) is 11.6 Å². The molecule has 1 aliphatic carbocycles. The van der Waals surface area contributed by atoms with E-state index in [1.54, 1.807) is 19.2 Å². The van der Waals surface area contributed by atoms with Gasteiger partial charge in [-0.1, -0.05) is 76.5 Å². The van der Waals surface area contributed by atoms with Crippen LogP contribution in [0.2, 0.25) is 0 Å². The van der Waals surface area contributed by atoms with Gasteiger partial charge < -0.3 is 4.74 Å². The maximum absolute atomic E-state index is 13.1. The molecule has 0 bridgehead atoms. The standard InChI is InChI=1S/C13H17F.C10H13BrO.C2H6/c1-13(2,3)12-7-6-10(14)8-11(12)9-4-5-9;1-7(2)9-5-4-8(12-3)6-10(9)11;1-2/h6-9H,4-5H2,1-3H3;4-7H,1-3H3;1-2H3. The zero-order chi connectivity index (χ0) is 21.5. The molecule has 1 nitrogen and oxygen atoms in total. The summed E-state index contributed by atoms with van der Waals surface area (Å²) >= 11 is 3.51. The predicted molar refractivity (Wildman–Crippen MR) is 123 cm³/mol. The molecule has 2 aromatic carbocycles. The molecule has 1 aliphatic rings. The van der Waals surface area contributed by atoms with Crippen molar-refractivity contribution in [3.63, 3.8) is 0 Å².